The van der Waals surface area contributed by atoms with Crippen molar-refractivity contribution in [3.05, 3.63) is 122 Å². The van der Waals surface area contributed by atoms with Crippen molar-refractivity contribution in [3.8, 4) is 0 Å². The molecular formula is C71H118O6. The lowest BCUT2D eigenvalue weighted by atomic mass is 10.0. The highest BCUT2D eigenvalue weighted by Crippen LogP contribution is 2.16. The molecule has 0 aromatic heterocycles. The van der Waals surface area contributed by atoms with Gasteiger partial charge in [0.05, 0.1) is 0 Å². The third-order valence-corrected chi connectivity index (χ3v) is 13.5. The molecular weight excluding hydrogens is 949 g/mol. The standard InChI is InChI=1S/C71H118O6/c1-4-7-10-13-16-19-22-25-26-27-28-29-30-31-32-33-34-35-36-37-38-39-40-41-42-43-44-47-49-52-55-58-61-64-70(73)76-67-68(77-71(74)65-62-59-56-53-50-46-24-21-18-15-12-9-6-3)66-75-69(72)63-60-57-54-51-48-45-23-20-17-14-11-8-5-2/h7,9-10,12,16,18-19,21,25-26,28-29,31-32,34-35,46,50,56,59,68H,4-6,8,11,13-15,17,20,22-24,27,30,33,36-45,47-49,51-55,57-58,60-67H2,1-3H3/b10-7-,12-9-,19-16-,21-18-,26-25-,29-28-,32-31-,35-34-,50-46-,59-56-. The molecule has 0 aromatic rings. The van der Waals surface area contributed by atoms with E-state index in [-0.39, 0.29) is 37.5 Å². The normalized spacial score (nSPS) is 12.9. The second-order valence-corrected chi connectivity index (χ2v) is 20.9. The van der Waals surface area contributed by atoms with Gasteiger partial charge in [0.1, 0.15) is 13.2 Å². The minimum absolute atomic E-state index is 0.105. The lowest BCUT2D eigenvalue weighted by molar-refractivity contribution is -0.166. The van der Waals surface area contributed by atoms with Gasteiger partial charge in [0.15, 0.2) is 6.10 Å². The Morgan fingerprint density at radius 2 is 0.532 bits per heavy atom. The molecule has 1 unspecified atom stereocenters. The Balaban J connectivity index is 4.19. The fourth-order valence-electron chi connectivity index (χ4n) is 8.76. The first-order valence-electron chi connectivity index (χ1n) is 32.0. The molecule has 0 amide bonds. The molecule has 0 spiro atoms. The van der Waals surface area contributed by atoms with Crippen LogP contribution in [0.25, 0.3) is 0 Å². The number of rotatable bonds is 57. The SMILES string of the molecule is CC/C=C\C/C=C\C/C=C\C/C=C\C/C=C\C/C=C\CCCCCCCCCCCCCCCCC(=O)OCC(COC(=O)CCCCCCCCCCCCCCC)OC(=O)CC/C=C\C/C=C\C/C=C\C/C=C\CC. The van der Waals surface area contributed by atoms with Crippen LogP contribution in [0.4, 0.5) is 0 Å². The molecule has 1 atom stereocenters. The minimum atomic E-state index is -0.816. The Morgan fingerprint density at radius 3 is 0.844 bits per heavy atom. The number of unbranched alkanes of at least 4 members (excludes halogenated alkanes) is 26. The van der Waals surface area contributed by atoms with Gasteiger partial charge in [-0.3, -0.25) is 14.4 Å². The van der Waals surface area contributed by atoms with E-state index >= 15 is 0 Å². The smallest absolute Gasteiger partial charge is 0.306 e. The molecule has 0 aromatic carbocycles. The number of carbonyl (C=O) groups is 3. The van der Waals surface area contributed by atoms with Gasteiger partial charge >= 0.3 is 17.9 Å². The van der Waals surface area contributed by atoms with Crippen molar-refractivity contribution in [2.45, 2.75) is 297 Å². The molecule has 0 rings (SSSR count). The van der Waals surface area contributed by atoms with E-state index in [1.807, 2.05) is 6.08 Å². The Labute approximate surface area is 475 Å². The van der Waals surface area contributed by atoms with E-state index in [2.05, 4.69) is 136 Å². The third kappa shape index (κ3) is 62.5. The average Bonchev–Trinajstić information content (AvgIpc) is 3.43. The molecule has 0 saturated carbocycles. The van der Waals surface area contributed by atoms with Gasteiger partial charge < -0.3 is 14.2 Å². The Hall–Kier alpha value is -4.19. The van der Waals surface area contributed by atoms with Gasteiger partial charge in [-0.2, -0.15) is 0 Å². The predicted molar refractivity (Wildman–Crippen MR) is 334 cm³/mol. The van der Waals surface area contributed by atoms with Crippen LogP contribution in [0, 0.1) is 0 Å². The highest BCUT2D eigenvalue weighted by Gasteiger charge is 2.19. The zero-order valence-electron chi connectivity index (χ0n) is 50.2. The van der Waals surface area contributed by atoms with E-state index in [0.29, 0.717) is 19.3 Å². The number of carbonyl (C=O) groups excluding carboxylic acids is 3. The zero-order valence-corrected chi connectivity index (χ0v) is 50.2. The topological polar surface area (TPSA) is 78.9 Å². The maximum atomic E-state index is 12.8. The number of hydrogen-bond acceptors (Lipinski definition) is 6. The summed E-state index contributed by atoms with van der Waals surface area (Å²) in [5, 5.41) is 0. The van der Waals surface area contributed by atoms with Crippen LogP contribution in [0.5, 0.6) is 0 Å². The van der Waals surface area contributed by atoms with E-state index in [1.54, 1.807) is 0 Å². The summed E-state index contributed by atoms with van der Waals surface area (Å²) in [5.41, 5.74) is 0. The van der Waals surface area contributed by atoms with Gasteiger partial charge in [-0.05, 0) is 96.3 Å². The largest absolute Gasteiger partial charge is 0.462 e. The molecule has 0 bridgehead atoms. The maximum Gasteiger partial charge on any atom is 0.306 e. The monoisotopic (exact) mass is 1070 g/mol. The molecule has 0 radical (unpaired) electrons. The van der Waals surface area contributed by atoms with E-state index in [4.69, 9.17) is 14.2 Å². The molecule has 77 heavy (non-hydrogen) atoms. The maximum absolute atomic E-state index is 12.8. The van der Waals surface area contributed by atoms with Crippen molar-refractivity contribution in [3.63, 3.8) is 0 Å². The first-order valence-corrected chi connectivity index (χ1v) is 32.0. The summed E-state index contributed by atoms with van der Waals surface area (Å²) in [5.74, 6) is -0.982. The van der Waals surface area contributed by atoms with Crippen LogP contribution in [0.15, 0.2) is 122 Å². The van der Waals surface area contributed by atoms with Gasteiger partial charge in [0.25, 0.3) is 0 Å². The van der Waals surface area contributed by atoms with Crippen molar-refractivity contribution in [2.24, 2.45) is 0 Å². The van der Waals surface area contributed by atoms with Crippen LogP contribution in [0.2, 0.25) is 0 Å². The zero-order chi connectivity index (χ0) is 55.7. The van der Waals surface area contributed by atoms with E-state index in [0.717, 1.165) is 103 Å². The van der Waals surface area contributed by atoms with Gasteiger partial charge in [-0.1, -0.05) is 296 Å². The molecule has 0 aliphatic carbocycles. The van der Waals surface area contributed by atoms with Crippen LogP contribution in [-0.4, -0.2) is 37.2 Å². The Morgan fingerprint density at radius 1 is 0.273 bits per heavy atom. The first kappa shape index (κ1) is 72.8. The van der Waals surface area contributed by atoms with Crippen molar-refractivity contribution in [1.29, 1.82) is 0 Å². The van der Waals surface area contributed by atoms with Gasteiger partial charge in [0, 0.05) is 19.3 Å². The molecule has 0 heterocycles. The van der Waals surface area contributed by atoms with Crippen molar-refractivity contribution >= 4 is 17.9 Å². The fourth-order valence-corrected chi connectivity index (χ4v) is 8.76. The van der Waals surface area contributed by atoms with Crippen LogP contribution >= 0.6 is 0 Å². The lowest BCUT2D eigenvalue weighted by Gasteiger charge is -2.18. The highest BCUT2D eigenvalue weighted by atomic mass is 16.6. The van der Waals surface area contributed by atoms with E-state index < -0.39 is 6.10 Å². The Kier molecular flexibility index (Phi) is 60.8. The highest BCUT2D eigenvalue weighted by molar-refractivity contribution is 5.71. The van der Waals surface area contributed by atoms with Crippen molar-refractivity contribution in [1.82, 2.24) is 0 Å². The molecule has 0 aliphatic rings. The fraction of sp³-hybridized carbons (Fsp3) is 0.676. The van der Waals surface area contributed by atoms with Crippen LogP contribution in [0.3, 0.4) is 0 Å². The van der Waals surface area contributed by atoms with Gasteiger partial charge in [0.2, 0.25) is 0 Å². The third-order valence-electron chi connectivity index (χ3n) is 13.5. The summed E-state index contributed by atoms with van der Waals surface area (Å²) >= 11 is 0. The number of hydrogen-bond donors (Lipinski definition) is 0. The minimum Gasteiger partial charge on any atom is -0.462 e. The van der Waals surface area contributed by atoms with Crippen molar-refractivity contribution < 1.29 is 28.6 Å². The van der Waals surface area contributed by atoms with E-state index in [1.165, 1.54) is 141 Å². The lowest BCUT2D eigenvalue weighted by Crippen LogP contribution is -2.30. The van der Waals surface area contributed by atoms with E-state index in [9.17, 15) is 14.4 Å². The van der Waals surface area contributed by atoms with Crippen LogP contribution < -0.4 is 0 Å². The number of esters is 3. The molecule has 6 nitrogen and oxygen atoms in total. The first-order chi connectivity index (χ1) is 38.0. The number of allylic oxidation sites excluding steroid dienone is 20. The van der Waals surface area contributed by atoms with Crippen molar-refractivity contribution in [2.75, 3.05) is 13.2 Å². The summed E-state index contributed by atoms with van der Waals surface area (Å²) in [6.07, 6.45) is 89.5. The Bertz CT molecular complexity index is 1600. The average molecular weight is 1070 g/mol. The summed E-state index contributed by atoms with van der Waals surface area (Å²) in [7, 11) is 0. The molecule has 0 aliphatic heterocycles. The predicted octanol–water partition coefficient (Wildman–Crippen LogP) is 22.0. The van der Waals surface area contributed by atoms with Crippen LogP contribution in [-0.2, 0) is 28.6 Å². The molecule has 0 saturated heterocycles. The summed E-state index contributed by atoms with van der Waals surface area (Å²) < 4.78 is 16.8. The summed E-state index contributed by atoms with van der Waals surface area (Å²) in [6, 6.07) is 0. The second-order valence-electron chi connectivity index (χ2n) is 20.9. The molecule has 0 fully saturated rings. The summed E-state index contributed by atoms with van der Waals surface area (Å²) in [6.45, 7) is 6.36. The van der Waals surface area contributed by atoms with Crippen LogP contribution in [0.1, 0.15) is 290 Å². The molecule has 438 valence electrons. The number of ether oxygens (including phenoxy) is 3. The molecule has 6 heteroatoms. The molecule has 0 N–H and O–H groups in total. The second kappa shape index (κ2) is 64.3. The van der Waals surface area contributed by atoms with Gasteiger partial charge in [-0.15, -0.1) is 0 Å². The quantitative estimate of drug-likeness (QED) is 0.0261. The van der Waals surface area contributed by atoms with Gasteiger partial charge in [-0.25, -0.2) is 0 Å². The summed E-state index contributed by atoms with van der Waals surface area (Å²) in [4.78, 5) is 38.1.